The van der Waals surface area contributed by atoms with E-state index in [4.69, 9.17) is 9.84 Å². The summed E-state index contributed by atoms with van der Waals surface area (Å²) in [4.78, 5) is 2.25. The third-order valence-corrected chi connectivity index (χ3v) is 9.00. The number of allylic oxidation sites excluding steroid dienone is 1. The number of hydrogen-bond donors (Lipinski definition) is 0. The van der Waals surface area contributed by atoms with Crippen LogP contribution in [0.3, 0.4) is 0 Å². The van der Waals surface area contributed by atoms with Gasteiger partial charge in [-0.05, 0) is 66.2 Å². The predicted molar refractivity (Wildman–Crippen MR) is 205 cm³/mol. The molecule has 50 heavy (non-hydrogen) atoms. The second-order valence-electron chi connectivity index (χ2n) is 12.1. The number of hydrogen-bond acceptors (Lipinski definition) is 5. The van der Waals surface area contributed by atoms with E-state index >= 15 is 0 Å². The Kier molecular flexibility index (Phi) is 7.41. The van der Waals surface area contributed by atoms with Crippen LogP contribution in [-0.4, -0.2) is 5.71 Å². The molecule has 0 saturated carbocycles. The summed E-state index contributed by atoms with van der Waals surface area (Å²) < 4.78 is 6.29. The van der Waals surface area contributed by atoms with Gasteiger partial charge in [0, 0.05) is 22.4 Å². The van der Waals surface area contributed by atoms with Crippen LogP contribution in [0.5, 0.6) is 11.5 Å². The van der Waals surface area contributed by atoms with Crippen molar-refractivity contribution in [2.75, 3.05) is 15.0 Å². The lowest BCUT2D eigenvalue weighted by Crippen LogP contribution is -2.43. The summed E-state index contributed by atoms with van der Waals surface area (Å²) >= 11 is 0. The smallest absolute Gasteiger partial charge is 0.151 e. The van der Waals surface area contributed by atoms with Crippen molar-refractivity contribution in [2.45, 2.75) is 0 Å². The van der Waals surface area contributed by atoms with Crippen LogP contribution in [0.15, 0.2) is 199 Å². The molecule has 7 aromatic rings. The Labute approximate surface area is 291 Å². The van der Waals surface area contributed by atoms with E-state index in [9.17, 15) is 0 Å². The summed E-state index contributed by atoms with van der Waals surface area (Å²) in [6.45, 7) is 0. The van der Waals surface area contributed by atoms with Gasteiger partial charge in [0.1, 0.15) is 5.71 Å². The summed E-state index contributed by atoms with van der Waals surface area (Å²) in [5.41, 5.74) is 11.1. The average Bonchev–Trinajstić information content (AvgIpc) is 3.20. The van der Waals surface area contributed by atoms with Crippen LogP contribution in [0.25, 0.3) is 11.3 Å². The van der Waals surface area contributed by atoms with E-state index in [1.807, 2.05) is 53.6 Å². The third-order valence-electron chi connectivity index (χ3n) is 9.00. The Morgan fingerprint density at radius 3 is 1.42 bits per heavy atom. The molecule has 7 aromatic carbocycles. The highest BCUT2D eigenvalue weighted by atomic mass is 16.5. The minimum absolute atomic E-state index is 0.824. The molecule has 0 unspecified atom stereocenters. The molecule has 0 atom stereocenters. The summed E-state index contributed by atoms with van der Waals surface area (Å²) in [5.74, 6) is 1.65. The molecular formula is C45H32N4O. The Balaban J connectivity index is 1.25. The second kappa shape index (κ2) is 12.6. The van der Waals surface area contributed by atoms with E-state index in [1.165, 1.54) is 0 Å². The molecule has 0 bridgehead atoms. The zero-order valence-electron chi connectivity index (χ0n) is 27.2. The molecule has 2 aliphatic rings. The first-order chi connectivity index (χ1) is 24.8. The highest BCUT2D eigenvalue weighted by molar-refractivity contribution is 6.39. The fourth-order valence-corrected chi connectivity index (χ4v) is 6.74. The molecule has 0 spiro atoms. The van der Waals surface area contributed by atoms with Gasteiger partial charge in [0.05, 0.1) is 28.4 Å². The van der Waals surface area contributed by atoms with Crippen molar-refractivity contribution >= 4 is 45.4 Å². The topological polar surface area (TPSA) is 31.3 Å². The lowest BCUT2D eigenvalue weighted by atomic mass is 9.90. The monoisotopic (exact) mass is 644 g/mol. The van der Waals surface area contributed by atoms with Crippen LogP contribution in [0.4, 0.5) is 28.4 Å². The summed E-state index contributed by atoms with van der Waals surface area (Å²) in [5, 5.41) is 9.79. The predicted octanol–water partition coefficient (Wildman–Crippen LogP) is 11.5. The fourth-order valence-electron chi connectivity index (χ4n) is 6.74. The molecule has 2 aliphatic heterocycles. The van der Waals surface area contributed by atoms with Gasteiger partial charge in [0.25, 0.3) is 0 Å². The normalized spacial score (nSPS) is 13.7. The molecule has 0 N–H and O–H groups in total. The Hall–Kier alpha value is -6.85. The van der Waals surface area contributed by atoms with Crippen molar-refractivity contribution in [1.29, 1.82) is 0 Å². The standard InChI is InChI=1S/C45H32N4O/c1-5-17-33(18-6-1)43-44(34-19-7-2-8-20-34)46-49(48(37-23-11-4-12-24-37)45(43)35-21-9-3-10-22-35)38-31-29-36(30-32-38)47-39-25-13-15-27-41(39)50-42-28-16-14-26-40(42)47/h1-32H. The summed E-state index contributed by atoms with van der Waals surface area (Å²) in [7, 11) is 0. The van der Waals surface area contributed by atoms with Gasteiger partial charge in [0.15, 0.2) is 11.5 Å². The summed E-state index contributed by atoms with van der Waals surface area (Å²) in [6, 6.07) is 67.1. The molecule has 5 heteroatoms. The molecule has 2 heterocycles. The number of para-hydroxylation sites is 5. The number of ether oxygens (including phenoxy) is 1. The molecule has 0 saturated heterocycles. The van der Waals surface area contributed by atoms with Gasteiger partial charge in [-0.1, -0.05) is 133 Å². The lowest BCUT2D eigenvalue weighted by Gasteiger charge is -2.41. The molecule has 5 nitrogen and oxygen atoms in total. The van der Waals surface area contributed by atoms with Crippen LogP contribution >= 0.6 is 0 Å². The Bertz CT molecular complexity index is 2290. The zero-order chi connectivity index (χ0) is 33.3. The number of nitrogens with zero attached hydrogens (tertiary/aromatic N) is 4. The molecule has 0 amide bonds. The van der Waals surface area contributed by atoms with Crippen LogP contribution in [0.1, 0.15) is 16.7 Å². The van der Waals surface area contributed by atoms with Crippen molar-refractivity contribution in [3.8, 4) is 11.5 Å². The van der Waals surface area contributed by atoms with Gasteiger partial charge >= 0.3 is 0 Å². The Morgan fingerprint density at radius 1 is 0.380 bits per heavy atom. The van der Waals surface area contributed by atoms with E-state index in [2.05, 4.69) is 156 Å². The molecular weight excluding hydrogens is 613 g/mol. The highest BCUT2D eigenvalue weighted by Crippen LogP contribution is 2.50. The van der Waals surface area contributed by atoms with E-state index in [-0.39, 0.29) is 0 Å². The fraction of sp³-hybridized carbons (Fsp3) is 0. The zero-order valence-corrected chi connectivity index (χ0v) is 27.2. The van der Waals surface area contributed by atoms with Gasteiger partial charge in [-0.2, -0.15) is 10.2 Å². The maximum absolute atomic E-state index is 6.29. The number of hydrazine groups is 1. The van der Waals surface area contributed by atoms with E-state index < -0.39 is 0 Å². The molecule has 9 rings (SSSR count). The van der Waals surface area contributed by atoms with Crippen molar-refractivity contribution < 1.29 is 4.74 Å². The van der Waals surface area contributed by atoms with Crippen LogP contribution in [-0.2, 0) is 0 Å². The number of benzene rings is 7. The molecule has 0 radical (unpaired) electrons. The minimum atomic E-state index is 0.824. The van der Waals surface area contributed by atoms with Crippen molar-refractivity contribution in [3.05, 3.63) is 211 Å². The largest absolute Gasteiger partial charge is 0.453 e. The van der Waals surface area contributed by atoms with Crippen LogP contribution in [0, 0.1) is 0 Å². The molecule has 0 aromatic heterocycles. The van der Waals surface area contributed by atoms with Gasteiger partial charge < -0.3 is 9.64 Å². The van der Waals surface area contributed by atoms with Crippen molar-refractivity contribution in [3.63, 3.8) is 0 Å². The quantitative estimate of drug-likeness (QED) is 0.180. The van der Waals surface area contributed by atoms with Crippen molar-refractivity contribution in [2.24, 2.45) is 5.10 Å². The molecule has 238 valence electrons. The Morgan fingerprint density at radius 2 is 0.840 bits per heavy atom. The first-order valence-electron chi connectivity index (χ1n) is 16.7. The number of anilines is 5. The molecule has 0 fully saturated rings. The van der Waals surface area contributed by atoms with Crippen molar-refractivity contribution in [1.82, 2.24) is 0 Å². The molecule has 0 aliphatic carbocycles. The van der Waals surface area contributed by atoms with Crippen LogP contribution in [0.2, 0.25) is 0 Å². The van der Waals surface area contributed by atoms with E-state index in [0.29, 0.717) is 0 Å². The number of rotatable bonds is 6. The number of fused-ring (bicyclic) bond motifs is 2. The number of hydrazone groups is 1. The average molecular weight is 645 g/mol. The first kappa shape index (κ1) is 29.3. The SMILES string of the molecule is c1ccc(C2=NN(c3ccc(N4c5ccccc5Oc5ccccc54)cc3)N(c3ccccc3)C(c3ccccc3)=C2c2ccccc2)cc1. The summed E-state index contributed by atoms with van der Waals surface area (Å²) in [6.07, 6.45) is 0. The maximum Gasteiger partial charge on any atom is 0.151 e. The third kappa shape index (κ3) is 5.18. The van der Waals surface area contributed by atoms with Gasteiger partial charge in [-0.3, -0.25) is 0 Å². The van der Waals surface area contributed by atoms with E-state index in [0.717, 1.165) is 73.6 Å². The maximum atomic E-state index is 6.29. The van der Waals surface area contributed by atoms with Crippen LogP contribution < -0.4 is 19.8 Å². The highest BCUT2D eigenvalue weighted by Gasteiger charge is 2.34. The minimum Gasteiger partial charge on any atom is -0.453 e. The lowest BCUT2D eigenvalue weighted by molar-refractivity contribution is 0.477. The second-order valence-corrected chi connectivity index (χ2v) is 12.1. The van der Waals surface area contributed by atoms with E-state index in [1.54, 1.807) is 0 Å². The van der Waals surface area contributed by atoms with Gasteiger partial charge in [0.2, 0.25) is 0 Å². The van der Waals surface area contributed by atoms with Gasteiger partial charge in [-0.25, -0.2) is 5.01 Å². The van der Waals surface area contributed by atoms with Gasteiger partial charge in [-0.15, -0.1) is 0 Å². The first-order valence-corrected chi connectivity index (χ1v) is 16.7.